The first kappa shape index (κ1) is 13.9. The van der Waals surface area contributed by atoms with E-state index in [0.717, 1.165) is 25.9 Å². The van der Waals surface area contributed by atoms with Gasteiger partial charge >= 0.3 is 0 Å². The van der Waals surface area contributed by atoms with Crippen molar-refractivity contribution in [2.45, 2.75) is 19.3 Å². The maximum Gasteiger partial charge on any atom is 0.229 e. The summed E-state index contributed by atoms with van der Waals surface area (Å²) in [5.41, 5.74) is 1.02. The lowest BCUT2D eigenvalue weighted by Gasteiger charge is -2.19. The number of nitrogens with zero attached hydrogens (tertiary/aromatic N) is 1. The topological polar surface area (TPSA) is 61.4 Å². The maximum atomic E-state index is 14.1. The molecule has 0 saturated carbocycles. The first-order chi connectivity index (χ1) is 10.1. The molecule has 0 radical (unpaired) electrons. The number of carbonyl (C=O) groups excluding carboxylic acids is 2. The molecule has 2 aliphatic heterocycles. The highest BCUT2D eigenvalue weighted by molar-refractivity contribution is 5.97. The van der Waals surface area contributed by atoms with E-state index in [-0.39, 0.29) is 30.0 Å². The molecule has 5 nitrogen and oxygen atoms in total. The van der Waals surface area contributed by atoms with Crippen LogP contribution in [-0.4, -0.2) is 31.4 Å². The van der Waals surface area contributed by atoms with Crippen molar-refractivity contribution >= 4 is 23.2 Å². The van der Waals surface area contributed by atoms with Gasteiger partial charge in [0.1, 0.15) is 5.82 Å². The molecule has 21 heavy (non-hydrogen) atoms. The van der Waals surface area contributed by atoms with Gasteiger partial charge in [0, 0.05) is 31.7 Å². The molecule has 1 aromatic carbocycles. The minimum atomic E-state index is -0.376. The molecule has 0 bridgehead atoms. The van der Waals surface area contributed by atoms with Gasteiger partial charge in [-0.15, -0.1) is 0 Å². The maximum absolute atomic E-state index is 14.1. The Morgan fingerprint density at radius 1 is 1.33 bits per heavy atom. The van der Waals surface area contributed by atoms with Crippen LogP contribution in [0.2, 0.25) is 0 Å². The summed E-state index contributed by atoms with van der Waals surface area (Å²) in [5.74, 6) is -1.07. The number of halogens is 1. The van der Waals surface area contributed by atoms with Crippen LogP contribution in [0.1, 0.15) is 19.3 Å². The van der Waals surface area contributed by atoms with E-state index in [9.17, 15) is 14.0 Å². The fourth-order valence-corrected chi connectivity index (χ4v) is 2.83. The van der Waals surface area contributed by atoms with Gasteiger partial charge < -0.3 is 15.5 Å². The van der Waals surface area contributed by atoms with E-state index < -0.39 is 0 Å². The van der Waals surface area contributed by atoms with Crippen LogP contribution < -0.4 is 15.5 Å². The van der Waals surface area contributed by atoms with Crippen molar-refractivity contribution in [3.63, 3.8) is 0 Å². The highest BCUT2D eigenvalue weighted by Gasteiger charge is 2.28. The van der Waals surface area contributed by atoms with Gasteiger partial charge in [0.2, 0.25) is 11.8 Å². The molecule has 1 atom stereocenters. The zero-order chi connectivity index (χ0) is 14.8. The largest absolute Gasteiger partial charge is 0.369 e. The summed E-state index contributed by atoms with van der Waals surface area (Å²) < 4.78 is 14.1. The Kier molecular flexibility index (Phi) is 3.77. The average Bonchev–Trinajstić information content (AvgIpc) is 3.10. The van der Waals surface area contributed by atoms with E-state index in [4.69, 9.17) is 0 Å². The van der Waals surface area contributed by atoms with Gasteiger partial charge in [-0.25, -0.2) is 4.39 Å². The number of benzene rings is 1. The summed E-state index contributed by atoms with van der Waals surface area (Å²) in [4.78, 5) is 25.1. The Labute approximate surface area is 122 Å². The minimum Gasteiger partial charge on any atom is -0.369 e. The molecule has 2 fully saturated rings. The van der Waals surface area contributed by atoms with Crippen LogP contribution in [0.25, 0.3) is 0 Å². The molecule has 0 aromatic heterocycles. The number of rotatable bonds is 3. The van der Waals surface area contributed by atoms with Crippen molar-refractivity contribution in [1.29, 1.82) is 0 Å². The Balaban J connectivity index is 1.67. The summed E-state index contributed by atoms with van der Waals surface area (Å²) in [6.45, 7) is 2.09. The quantitative estimate of drug-likeness (QED) is 0.887. The number of anilines is 2. The first-order valence-electron chi connectivity index (χ1n) is 7.25. The number of hydrogen-bond donors (Lipinski definition) is 2. The predicted octanol–water partition coefficient (Wildman–Crippen LogP) is 1.50. The van der Waals surface area contributed by atoms with E-state index in [2.05, 4.69) is 10.6 Å². The monoisotopic (exact) mass is 291 g/mol. The summed E-state index contributed by atoms with van der Waals surface area (Å²) in [6.07, 6.45) is 2.36. The molecule has 2 heterocycles. The molecule has 1 aromatic rings. The van der Waals surface area contributed by atoms with E-state index >= 15 is 0 Å². The fourth-order valence-electron chi connectivity index (χ4n) is 2.83. The highest BCUT2D eigenvalue weighted by Crippen LogP contribution is 2.26. The average molecular weight is 291 g/mol. The third kappa shape index (κ3) is 2.99. The standard InChI is InChI=1S/C15H18FN3O2/c16-12-8-11(3-4-13(12)19-5-1-2-6-19)18-15(21)10-7-14(20)17-9-10/h3-4,8,10H,1-2,5-7,9H2,(H,17,20)(H,18,21). The molecule has 112 valence electrons. The molecule has 2 N–H and O–H groups in total. The number of amides is 2. The second-order valence-electron chi connectivity index (χ2n) is 5.55. The van der Waals surface area contributed by atoms with Crippen LogP contribution in [0, 0.1) is 11.7 Å². The Morgan fingerprint density at radius 3 is 2.71 bits per heavy atom. The van der Waals surface area contributed by atoms with Gasteiger partial charge in [-0.1, -0.05) is 0 Å². The number of hydrogen-bond acceptors (Lipinski definition) is 3. The minimum absolute atomic E-state index is 0.120. The van der Waals surface area contributed by atoms with Gasteiger partial charge in [-0.2, -0.15) is 0 Å². The Bertz CT molecular complexity index is 570. The fraction of sp³-hybridized carbons (Fsp3) is 0.467. The van der Waals surface area contributed by atoms with E-state index in [1.165, 1.54) is 6.07 Å². The third-order valence-corrected chi connectivity index (χ3v) is 4.01. The van der Waals surface area contributed by atoms with Crippen LogP contribution >= 0.6 is 0 Å². The zero-order valence-electron chi connectivity index (χ0n) is 11.7. The van der Waals surface area contributed by atoms with Gasteiger partial charge in [-0.05, 0) is 31.0 Å². The van der Waals surface area contributed by atoms with Crippen LogP contribution in [0.3, 0.4) is 0 Å². The summed E-state index contributed by atoms with van der Waals surface area (Å²) in [5, 5.41) is 5.29. The Hall–Kier alpha value is -2.11. The summed E-state index contributed by atoms with van der Waals surface area (Å²) in [7, 11) is 0. The van der Waals surface area contributed by atoms with Crippen LogP contribution in [0.4, 0.5) is 15.8 Å². The van der Waals surface area contributed by atoms with Crippen molar-refractivity contribution < 1.29 is 14.0 Å². The lowest BCUT2D eigenvalue weighted by molar-refractivity contribution is -0.123. The van der Waals surface area contributed by atoms with Crippen LogP contribution in [0.5, 0.6) is 0 Å². The van der Waals surface area contributed by atoms with Crippen molar-refractivity contribution in [3.8, 4) is 0 Å². The molecule has 0 aliphatic carbocycles. The SMILES string of the molecule is O=C1CC(C(=O)Nc2ccc(N3CCCC3)c(F)c2)CN1. The predicted molar refractivity (Wildman–Crippen MR) is 77.6 cm³/mol. The highest BCUT2D eigenvalue weighted by atomic mass is 19.1. The van der Waals surface area contributed by atoms with Crippen LogP contribution in [0.15, 0.2) is 18.2 Å². The summed E-state index contributed by atoms with van der Waals surface area (Å²) >= 11 is 0. The Morgan fingerprint density at radius 2 is 2.10 bits per heavy atom. The van der Waals surface area contributed by atoms with E-state index in [1.54, 1.807) is 12.1 Å². The normalized spacial score (nSPS) is 21.5. The number of carbonyl (C=O) groups is 2. The third-order valence-electron chi connectivity index (χ3n) is 4.01. The molecular weight excluding hydrogens is 273 g/mol. The molecule has 6 heteroatoms. The molecule has 0 spiro atoms. The van der Waals surface area contributed by atoms with E-state index in [1.807, 2.05) is 4.90 Å². The second-order valence-corrected chi connectivity index (χ2v) is 5.55. The van der Waals surface area contributed by atoms with Gasteiger partial charge in [0.15, 0.2) is 0 Å². The van der Waals surface area contributed by atoms with Crippen molar-refractivity contribution in [1.82, 2.24) is 5.32 Å². The molecule has 1 unspecified atom stereocenters. The molecule has 2 saturated heterocycles. The van der Waals surface area contributed by atoms with Crippen LogP contribution in [-0.2, 0) is 9.59 Å². The van der Waals surface area contributed by atoms with Gasteiger partial charge in [0.05, 0.1) is 11.6 Å². The summed E-state index contributed by atoms with van der Waals surface area (Å²) in [6, 6.07) is 4.75. The lowest BCUT2D eigenvalue weighted by atomic mass is 10.1. The van der Waals surface area contributed by atoms with Crippen molar-refractivity contribution in [2.75, 3.05) is 29.9 Å². The van der Waals surface area contributed by atoms with Crippen molar-refractivity contribution in [2.24, 2.45) is 5.92 Å². The molecule has 2 amide bonds. The van der Waals surface area contributed by atoms with Gasteiger partial charge in [-0.3, -0.25) is 9.59 Å². The molecule has 3 rings (SSSR count). The lowest BCUT2D eigenvalue weighted by Crippen LogP contribution is -2.25. The molecule has 2 aliphatic rings. The molecular formula is C15H18FN3O2. The second kappa shape index (κ2) is 5.71. The van der Waals surface area contributed by atoms with Gasteiger partial charge in [0.25, 0.3) is 0 Å². The van der Waals surface area contributed by atoms with Crippen molar-refractivity contribution in [3.05, 3.63) is 24.0 Å². The zero-order valence-corrected chi connectivity index (χ0v) is 11.7. The smallest absolute Gasteiger partial charge is 0.229 e. The first-order valence-corrected chi connectivity index (χ1v) is 7.25. The van der Waals surface area contributed by atoms with E-state index in [0.29, 0.717) is 17.9 Å². The number of nitrogens with one attached hydrogen (secondary N) is 2.